The maximum absolute atomic E-state index is 18.5. The number of aromatic nitrogens is 6. The van der Waals surface area contributed by atoms with Gasteiger partial charge in [-0.25, -0.2) is 27.9 Å². The van der Waals surface area contributed by atoms with Crippen molar-refractivity contribution in [2.75, 3.05) is 13.2 Å². The number of carbonyl (C=O) groups excluding carboxylic acids is 2. The Morgan fingerprint density at radius 1 is 0.220 bits per heavy atom. The lowest BCUT2D eigenvalue weighted by atomic mass is 9.73. The molecule has 24 aromatic rings. The first kappa shape index (κ1) is 80.5. The summed E-state index contributed by atoms with van der Waals surface area (Å²) >= 11 is 0. The van der Waals surface area contributed by atoms with Crippen molar-refractivity contribution >= 4 is 196 Å². The van der Waals surface area contributed by atoms with Crippen LogP contribution in [0, 0.1) is 0 Å². The molecule has 0 radical (unpaired) electrons. The number of fused-ring (bicyclic) bond motifs is 4. The summed E-state index contributed by atoms with van der Waals surface area (Å²) in [5.41, 5.74) is 6.21. The maximum atomic E-state index is 18.5. The average Bonchev–Trinajstić information content (AvgIpc) is 1.29. The number of benzene rings is 18. The molecule has 0 aliphatic rings. The lowest BCUT2D eigenvalue weighted by Gasteiger charge is -2.29. The summed E-state index contributed by atoms with van der Waals surface area (Å²) in [5, 5.41) is 11.3. The summed E-state index contributed by atoms with van der Waals surface area (Å²) in [4.78, 5) is 170. The van der Waals surface area contributed by atoms with Gasteiger partial charge in [-0.3, -0.25) is 38.4 Å². The van der Waals surface area contributed by atoms with E-state index in [4.69, 9.17) is 9.47 Å². The number of hydrogen-bond acceptors (Lipinski definition) is 12. The molecule has 0 fully saturated rings. The van der Waals surface area contributed by atoms with Crippen LogP contribution in [0.2, 0.25) is 0 Å². The number of ether oxygens (including phenoxy) is 2. The Hall–Kier alpha value is -14.8. The van der Waals surface area contributed by atoms with E-state index >= 15 is 38.4 Å². The van der Waals surface area contributed by atoms with Gasteiger partial charge in [-0.15, -0.1) is 0 Å². The maximum Gasteiger partial charge on any atom is 0.338 e. The summed E-state index contributed by atoms with van der Waals surface area (Å²) < 4.78 is 20.7. The van der Waals surface area contributed by atoms with E-state index in [0.717, 1.165) is 44.5 Å². The Labute approximate surface area is 753 Å². The molecule has 0 atom stereocenters. The molecule has 6 aromatic heterocycles. The van der Waals surface area contributed by atoms with E-state index in [0.29, 0.717) is 175 Å². The molecule has 18 nitrogen and oxygen atoms in total. The zero-order valence-corrected chi connectivity index (χ0v) is 76.6. The number of rotatable bonds is 18. The molecule has 0 saturated carbocycles. The zero-order chi connectivity index (χ0) is 91.9. The second kappa shape index (κ2) is 27.4. The lowest BCUT2D eigenvalue weighted by molar-refractivity contribution is 0.0517. The van der Waals surface area contributed by atoms with Crippen LogP contribution >= 0.6 is 0 Å². The van der Waals surface area contributed by atoms with Gasteiger partial charge in [0, 0.05) is 119 Å². The zero-order valence-electron chi connectivity index (χ0n) is 76.6. The molecule has 132 heavy (non-hydrogen) atoms. The first-order valence-electron chi connectivity index (χ1n) is 46.3. The second-order valence-electron chi connectivity index (χ2n) is 39.3. The van der Waals surface area contributed by atoms with Crippen LogP contribution in [0.4, 0.5) is 0 Å². The summed E-state index contributed by atoms with van der Waals surface area (Å²) in [7, 11) is 0. The van der Waals surface area contributed by atoms with Gasteiger partial charge in [0.05, 0.1) is 101 Å². The third kappa shape index (κ3) is 9.82. The van der Waals surface area contributed by atoms with Gasteiger partial charge in [-0.1, -0.05) is 184 Å². The van der Waals surface area contributed by atoms with E-state index in [1.165, 1.54) is 18.3 Å². The first-order chi connectivity index (χ1) is 63.3. The first-order valence-corrected chi connectivity index (χ1v) is 46.3. The SMILES string of the molecule is CCOC(=O)c1ccc(-n2c3cc4c(=O)n(-c5c(C(C)C)cccc5C(C)C)c(=O)c5cc6c7c8c(=O)n(-c9c(C(C)C)cccc9C(C)C)c(=O)c9cc%10c%11c(c98)c8c9c(cc%12c(=O)n(-c%13c(C(C)C)cccc%13C(C)C)c(=O)c%13cc(c%11c9c%12%13)n%10-c9ccc(C(=O)OCC)cc9)c9c%10c(=O)n(-c%11c(C(C)C)cccc%11C(C)C)c(=O)c%11cc2c2c(c%11%10)c(c6c(c54)c23)c9c78)cc1. The van der Waals surface area contributed by atoms with E-state index in [-0.39, 0.29) is 115 Å². The van der Waals surface area contributed by atoms with Crippen LogP contribution in [0.5, 0.6) is 0 Å². The van der Waals surface area contributed by atoms with E-state index in [2.05, 4.69) is 0 Å². The van der Waals surface area contributed by atoms with Gasteiger partial charge < -0.3 is 18.6 Å². The smallest absolute Gasteiger partial charge is 0.338 e. The van der Waals surface area contributed by atoms with Gasteiger partial charge in [0.1, 0.15) is 0 Å². The molecule has 0 saturated heterocycles. The highest BCUT2D eigenvalue weighted by molar-refractivity contribution is 6.63. The minimum Gasteiger partial charge on any atom is -0.462 e. The molecule has 18 heteroatoms. The van der Waals surface area contributed by atoms with Crippen molar-refractivity contribution in [2.24, 2.45) is 0 Å². The Bertz CT molecular complexity index is 9070. The average molecular weight is 1740 g/mol. The van der Waals surface area contributed by atoms with Gasteiger partial charge in [0.15, 0.2) is 0 Å². The molecule has 0 unspecified atom stereocenters. The quantitative estimate of drug-likeness (QED) is 0.0445. The molecular formula is C114H92N6O12. The highest BCUT2D eigenvalue weighted by atomic mass is 16.5. The second-order valence-corrected chi connectivity index (χ2v) is 39.3. The Morgan fingerprint density at radius 3 is 0.652 bits per heavy atom. The van der Waals surface area contributed by atoms with E-state index < -0.39 is 56.4 Å². The number of hydrogen-bond donors (Lipinski definition) is 0. The van der Waals surface area contributed by atoms with Gasteiger partial charge in [-0.2, -0.15) is 0 Å². The van der Waals surface area contributed by atoms with Gasteiger partial charge in [0.2, 0.25) is 0 Å². The molecule has 18 aromatic carbocycles. The Morgan fingerprint density at radius 2 is 0.417 bits per heavy atom. The fourth-order valence-corrected chi connectivity index (χ4v) is 24.2. The van der Waals surface area contributed by atoms with Crippen molar-refractivity contribution in [2.45, 2.75) is 172 Å². The molecule has 24 rings (SSSR count). The summed E-state index contributed by atoms with van der Waals surface area (Å²) in [6.07, 6.45) is 0. The topological polar surface area (TPSA) is 219 Å². The van der Waals surface area contributed by atoms with Crippen LogP contribution in [0.15, 0.2) is 196 Å². The number of nitrogens with zero attached hydrogens (tertiary/aromatic N) is 6. The fraction of sp³-hybridized carbons (Fsp3) is 0.246. The minimum atomic E-state index is -0.661. The molecule has 650 valence electrons. The van der Waals surface area contributed by atoms with Gasteiger partial charge >= 0.3 is 11.9 Å². The van der Waals surface area contributed by atoms with Crippen molar-refractivity contribution < 1.29 is 19.1 Å². The van der Waals surface area contributed by atoms with Crippen molar-refractivity contribution in [1.29, 1.82) is 0 Å². The summed E-state index contributed by atoms with van der Waals surface area (Å²) in [6, 6.07) is 48.9. The number of pyridine rings is 4. The molecule has 0 spiro atoms. The van der Waals surface area contributed by atoms with Crippen molar-refractivity contribution in [3.8, 4) is 34.1 Å². The lowest BCUT2D eigenvalue weighted by Crippen LogP contribution is -2.34. The van der Waals surface area contributed by atoms with E-state index in [1.54, 1.807) is 38.1 Å². The molecular weight excluding hydrogens is 1650 g/mol. The monoisotopic (exact) mass is 1740 g/mol. The minimum absolute atomic E-state index is 0.119. The van der Waals surface area contributed by atoms with E-state index in [1.807, 2.05) is 253 Å². The summed E-state index contributed by atoms with van der Waals surface area (Å²) in [6.45, 7) is 36.4. The molecule has 0 amide bonds. The molecule has 0 aliphatic heterocycles. The van der Waals surface area contributed by atoms with Gasteiger partial charge in [-0.05, 0) is 212 Å². The highest BCUT2D eigenvalue weighted by Crippen LogP contribution is 2.63. The molecule has 0 bridgehead atoms. The summed E-state index contributed by atoms with van der Waals surface area (Å²) in [5.74, 6) is -2.95. The molecule has 0 aliphatic carbocycles. The standard InChI is InChI=1S/C114H92N6O12/c1-19-131-113(129)55-33-37-57(38-34-55)115-75-43-71-79-69(105(121)117(107(71)123)101-59(47(3)4)25-21-26-60(101)48(5)6)41-67-81-91(79)87(75)89-77(115)45-73-85-93(89)95(81)97-84(99(85)111(127)119(109(73)125)103-63(51(11)12)29-23-30-64(103)52(13)14)68-42-70-80-72(108(124)118(106(70)122)102-61(49(7)8)27-22-28-62(102)50(9)10)44-76-88-90-78(116(76)58-39-35-56(36-40-58)114(130)132-20-2)46-74-86-94(90)96(82(68)92(80)88)98(97)83(67)100(86)112(128)120(110(74)126)104-65(53(15)16)31-24-32-66(104)54(17)18/h21-54H,19-20H2,1-18H3. The highest BCUT2D eigenvalue weighted by Gasteiger charge is 2.42. The number of para-hydroxylation sites is 4. The van der Waals surface area contributed by atoms with Crippen molar-refractivity contribution in [3.05, 3.63) is 296 Å². The predicted octanol–water partition coefficient (Wildman–Crippen LogP) is 24.1. The number of carbonyl (C=O) groups is 2. The number of esters is 2. The largest absolute Gasteiger partial charge is 0.462 e. The molecule has 6 heterocycles. The van der Waals surface area contributed by atoms with Crippen molar-refractivity contribution in [3.63, 3.8) is 0 Å². The predicted molar refractivity (Wildman–Crippen MR) is 538 cm³/mol. The van der Waals surface area contributed by atoms with E-state index in [9.17, 15) is 9.59 Å². The van der Waals surface area contributed by atoms with Crippen LogP contribution in [-0.2, 0) is 9.47 Å². The van der Waals surface area contributed by atoms with Crippen molar-refractivity contribution in [1.82, 2.24) is 27.4 Å². The van der Waals surface area contributed by atoms with Crippen LogP contribution in [-0.4, -0.2) is 52.6 Å². The van der Waals surface area contributed by atoms with Crippen LogP contribution in [0.1, 0.15) is 237 Å². The third-order valence-electron chi connectivity index (χ3n) is 29.6. The fourth-order valence-electron chi connectivity index (χ4n) is 24.2. The Balaban J connectivity index is 1.08. The normalized spacial score (nSPS) is 13.1. The van der Waals surface area contributed by atoms with Crippen LogP contribution in [0.3, 0.4) is 0 Å². The van der Waals surface area contributed by atoms with Crippen LogP contribution < -0.4 is 44.5 Å². The van der Waals surface area contributed by atoms with Crippen LogP contribution in [0.25, 0.3) is 218 Å². The third-order valence-corrected chi connectivity index (χ3v) is 29.6. The molecule has 0 N–H and O–H groups in total. The Kier molecular flexibility index (Phi) is 16.7. The van der Waals surface area contributed by atoms with Gasteiger partial charge in [0.25, 0.3) is 44.5 Å².